The summed E-state index contributed by atoms with van der Waals surface area (Å²) in [5, 5.41) is 0. The minimum Gasteiger partial charge on any atom is -0.454 e. The Kier molecular flexibility index (Phi) is 14.1. The van der Waals surface area contributed by atoms with Crippen molar-refractivity contribution in [1.29, 1.82) is 0 Å². The number of aromatic nitrogens is 2. The maximum absolute atomic E-state index is 14.0. The van der Waals surface area contributed by atoms with Crippen LogP contribution in [0.2, 0.25) is 0 Å². The van der Waals surface area contributed by atoms with Crippen molar-refractivity contribution in [2.45, 2.75) is 126 Å². The molecule has 1 saturated heterocycles. The topological polar surface area (TPSA) is 137 Å². The average Bonchev–Trinajstić information content (AvgIpc) is 3.28. The van der Waals surface area contributed by atoms with E-state index in [1.54, 1.807) is 67.8 Å². The summed E-state index contributed by atoms with van der Waals surface area (Å²) in [5.74, 6) is -1.10. The van der Waals surface area contributed by atoms with Gasteiger partial charge in [0.15, 0.2) is 19.1 Å². The summed E-state index contributed by atoms with van der Waals surface area (Å²) < 4.78 is 33.1. The number of rotatable bonds is 15. The zero-order valence-corrected chi connectivity index (χ0v) is 29.6. The van der Waals surface area contributed by atoms with E-state index in [-0.39, 0.29) is 12.2 Å². The summed E-state index contributed by atoms with van der Waals surface area (Å²) in [6, 6.07) is 0. The molecule has 2 heterocycles. The van der Waals surface area contributed by atoms with Crippen LogP contribution >= 0.6 is 0 Å². The van der Waals surface area contributed by atoms with Gasteiger partial charge in [-0.05, 0) is 79.9 Å². The van der Waals surface area contributed by atoms with Gasteiger partial charge in [-0.3, -0.25) is 23.9 Å². The lowest BCUT2D eigenvalue weighted by molar-refractivity contribution is -0.170. The van der Waals surface area contributed by atoms with Gasteiger partial charge in [-0.1, -0.05) is 26.7 Å². The molecular formula is C34H55N3O9. The smallest absolute Gasteiger partial charge is 0.336 e. The molecule has 0 radical (unpaired) electrons. The van der Waals surface area contributed by atoms with E-state index in [2.05, 4.69) is 11.9 Å². The van der Waals surface area contributed by atoms with Crippen LogP contribution in [0.1, 0.15) is 99.8 Å². The van der Waals surface area contributed by atoms with Gasteiger partial charge in [0.25, 0.3) is 5.56 Å². The second-order valence-corrected chi connectivity index (χ2v) is 13.9. The molecule has 1 aliphatic heterocycles. The number of nitrogens with zero attached hydrogens (tertiary/aromatic N) is 3. The third-order valence-corrected chi connectivity index (χ3v) is 7.70. The molecule has 4 atom stereocenters. The quantitative estimate of drug-likeness (QED) is 0.150. The zero-order chi connectivity index (χ0) is 34.9. The molecule has 12 heteroatoms. The van der Waals surface area contributed by atoms with Crippen molar-refractivity contribution >= 4 is 18.2 Å². The van der Waals surface area contributed by atoms with E-state index >= 15 is 0 Å². The monoisotopic (exact) mass is 649 g/mol. The molecule has 1 unspecified atom stereocenters. The van der Waals surface area contributed by atoms with Crippen LogP contribution in [0.25, 0.3) is 0 Å². The standard InChI is InChI=1S/C34H55N3O9/c1-12-14-18-42-21-34(24(4)16-17-35-11)26(43-19-15-13-2)25(45-30(40)33(8,9)10)28(46-34)36-20-23(3)27(38)37(31(36)41)22-44-29(39)32(5,6)7/h16-17,20,25-26,28H,12-15,18-19,21-22H2,1-11H3/b24-16+,35-17-/t25-,26?,28+,34-/m0/s1. The van der Waals surface area contributed by atoms with Crippen molar-refractivity contribution in [2.24, 2.45) is 15.8 Å². The lowest BCUT2D eigenvalue weighted by Gasteiger charge is -2.36. The first-order valence-electron chi connectivity index (χ1n) is 16.1. The summed E-state index contributed by atoms with van der Waals surface area (Å²) in [6.45, 7) is 18.0. The zero-order valence-electron chi connectivity index (χ0n) is 29.6. The van der Waals surface area contributed by atoms with Crippen LogP contribution < -0.4 is 11.2 Å². The minimum atomic E-state index is -1.30. The molecule has 260 valence electrons. The lowest BCUT2D eigenvalue weighted by Crippen LogP contribution is -2.51. The van der Waals surface area contributed by atoms with E-state index in [1.807, 2.05) is 13.8 Å². The van der Waals surface area contributed by atoms with Gasteiger partial charge in [0.05, 0.1) is 17.4 Å². The maximum Gasteiger partial charge on any atom is 0.336 e. The van der Waals surface area contributed by atoms with Crippen molar-refractivity contribution in [3.05, 3.63) is 44.2 Å². The van der Waals surface area contributed by atoms with Gasteiger partial charge in [-0.15, -0.1) is 0 Å². The maximum atomic E-state index is 14.0. The Balaban J connectivity index is 2.86. The summed E-state index contributed by atoms with van der Waals surface area (Å²) in [4.78, 5) is 57.3. The molecule has 0 saturated carbocycles. The molecule has 1 aromatic heterocycles. The molecular weight excluding hydrogens is 594 g/mol. The second-order valence-electron chi connectivity index (χ2n) is 13.9. The van der Waals surface area contributed by atoms with Crippen LogP contribution in [0.3, 0.4) is 0 Å². The number of hydrogen-bond acceptors (Lipinski definition) is 10. The number of allylic oxidation sites excluding steroid dienone is 1. The van der Waals surface area contributed by atoms with E-state index < -0.39 is 64.8 Å². The molecule has 0 amide bonds. The molecule has 2 rings (SSSR count). The Morgan fingerprint density at radius 3 is 2.20 bits per heavy atom. The number of carbonyl (C=O) groups excluding carboxylic acids is 2. The highest BCUT2D eigenvalue weighted by Gasteiger charge is 2.60. The highest BCUT2D eigenvalue weighted by Crippen LogP contribution is 2.45. The Morgan fingerprint density at radius 2 is 1.63 bits per heavy atom. The molecule has 46 heavy (non-hydrogen) atoms. The molecule has 0 aromatic carbocycles. The average molecular weight is 650 g/mol. The number of ether oxygens (including phenoxy) is 5. The predicted molar refractivity (Wildman–Crippen MR) is 176 cm³/mol. The molecule has 0 bridgehead atoms. The van der Waals surface area contributed by atoms with Gasteiger partial charge in [0.1, 0.15) is 11.7 Å². The van der Waals surface area contributed by atoms with Gasteiger partial charge in [0.2, 0.25) is 0 Å². The summed E-state index contributed by atoms with van der Waals surface area (Å²) in [5.41, 5.74) is -3.57. The Labute approximate surface area is 273 Å². The molecule has 1 aromatic rings. The second kappa shape index (κ2) is 16.6. The molecule has 0 aliphatic carbocycles. The fourth-order valence-electron chi connectivity index (χ4n) is 4.72. The first-order valence-corrected chi connectivity index (χ1v) is 16.1. The largest absolute Gasteiger partial charge is 0.454 e. The first-order chi connectivity index (χ1) is 21.5. The van der Waals surface area contributed by atoms with Crippen molar-refractivity contribution in [1.82, 2.24) is 9.13 Å². The normalized spacial score (nSPS) is 22.4. The molecule has 1 fully saturated rings. The first kappa shape index (κ1) is 39.1. The van der Waals surface area contributed by atoms with E-state index in [0.717, 1.165) is 30.3 Å². The lowest BCUT2D eigenvalue weighted by atomic mass is 9.87. The number of carbonyl (C=O) groups is 2. The summed E-state index contributed by atoms with van der Waals surface area (Å²) in [7, 11) is 1.65. The van der Waals surface area contributed by atoms with Gasteiger partial charge < -0.3 is 23.7 Å². The van der Waals surface area contributed by atoms with Crippen molar-refractivity contribution in [3.8, 4) is 0 Å². The summed E-state index contributed by atoms with van der Waals surface area (Å²) >= 11 is 0. The van der Waals surface area contributed by atoms with Crippen LogP contribution in [0.15, 0.2) is 32.4 Å². The molecule has 1 aliphatic rings. The van der Waals surface area contributed by atoms with E-state index in [9.17, 15) is 19.2 Å². The number of aryl methyl sites for hydroxylation is 1. The van der Waals surface area contributed by atoms with E-state index in [4.69, 9.17) is 23.7 Å². The van der Waals surface area contributed by atoms with Gasteiger partial charge in [-0.2, -0.15) is 0 Å². The number of unbranched alkanes of at least 4 members (excludes halogenated alkanes) is 2. The molecule has 0 spiro atoms. The Bertz CT molecular complexity index is 1360. The van der Waals surface area contributed by atoms with Crippen LogP contribution in [0, 0.1) is 17.8 Å². The molecule has 0 N–H and O–H groups in total. The highest BCUT2D eigenvalue weighted by atomic mass is 16.7. The third-order valence-electron chi connectivity index (χ3n) is 7.70. The van der Waals surface area contributed by atoms with Gasteiger partial charge in [-0.25, -0.2) is 9.36 Å². The van der Waals surface area contributed by atoms with Gasteiger partial charge in [0, 0.05) is 38.2 Å². The van der Waals surface area contributed by atoms with Crippen molar-refractivity contribution in [3.63, 3.8) is 0 Å². The minimum absolute atomic E-state index is 0.0420. The van der Waals surface area contributed by atoms with E-state index in [1.165, 1.54) is 10.8 Å². The fraction of sp³-hybridized carbons (Fsp3) is 0.735. The van der Waals surface area contributed by atoms with Crippen molar-refractivity contribution in [2.75, 3.05) is 26.9 Å². The molecule has 12 nitrogen and oxygen atoms in total. The Morgan fingerprint density at radius 1 is 1.02 bits per heavy atom. The third kappa shape index (κ3) is 9.48. The highest BCUT2D eigenvalue weighted by molar-refractivity contribution is 5.76. The fourth-order valence-corrected chi connectivity index (χ4v) is 4.72. The number of hydrogen-bond donors (Lipinski definition) is 0. The SMILES string of the molecule is CCCCOC[C@@]1(/C(C)=C/C=N\C)O[C@@H](n2cc(C)c(=O)n(COC(=O)C(C)(C)C)c2=O)[C@@H](OC(=O)C(C)(C)C)C1OCCCC. The van der Waals surface area contributed by atoms with Crippen molar-refractivity contribution < 1.29 is 33.3 Å². The number of aliphatic imine (C=N–C) groups is 1. The van der Waals surface area contributed by atoms with Gasteiger partial charge >= 0.3 is 17.6 Å². The number of esters is 2. The Hall–Kier alpha value is -3.09. The van der Waals surface area contributed by atoms with Crippen LogP contribution in [0.4, 0.5) is 0 Å². The van der Waals surface area contributed by atoms with Crippen LogP contribution in [-0.2, 0) is 40.0 Å². The van der Waals surface area contributed by atoms with Crippen LogP contribution in [0.5, 0.6) is 0 Å². The van der Waals surface area contributed by atoms with E-state index in [0.29, 0.717) is 18.8 Å². The predicted octanol–water partition coefficient (Wildman–Crippen LogP) is 4.74. The summed E-state index contributed by atoms with van der Waals surface area (Å²) in [6.07, 6.45) is 4.86. The van der Waals surface area contributed by atoms with Crippen LogP contribution in [-0.4, -0.2) is 72.0 Å².